The number of anilines is 1. The third kappa shape index (κ3) is 2.02. The van der Waals surface area contributed by atoms with Crippen molar-refractivity contribution in [2.24, 2.45) is 0 Å². The predicted molar refractivity (Wildman–Crippen MR) is 60.5 cm³/mol. The van der Waals surface area contributed by atoms with Gasteiger partial charge in [-0.2, -0.15) is 0 Å². The first-order chi connectivity index (χ1) is 7.72. The van der Waals surface area contributed by atoms with Gasteiger partial charge in [-0.25, -0.2) is 4.79 Å². The molecule has 0 aliphatic carbocycles. The second kappa shape index (κ2) is 4.53. The Morgan fingerprint density at radius 3 is 2.88 bits per heavy atom. The summed E-state index contributed by atoms with van der Waals surface area (Å²) in [6.07, 6.45) is -0.0660. The molecule has 0 radical (unpaired) electrons. The van der Waals surface area contributed by atoms with Crippen LogP contribution in [0.2, 0.25) is 0 Å². The van der Waals surface area contributed by atoms with E-state index in [1.54, 1.807) is 4.90 Å². The van der Waals surface area contributed by atoms with E-state index < -0.39 is 0 Å². The predicted octanol–water partition coefficient (Wildman–Crippen LogP) is 1.70. The number of carbonyl (C=O) groups is 1. The first kappa shape index (κ1) is 11.0. The van der Waals surface area contributed by atoms with Crippen molar-refractivity contribution in [3.05, 3.63) is 29.8 Å². The van der Waals surface area contributed by atoms with Gasteiger partial charge in [0.15, 0.2) is 0 Å². The molecule has 86 valence electrons. The molecule has 1 amide bonds. The molecule has 1 aromatic rings. The van der Waals surface area contributed by atoms with E-state index in [9.17, 15) is 4.79 Å². The minimum absolute atomic E-state index is 0.104. The minimum Gasteiger partial charge on any atom is -0.443 e. The van der Waals surface area contributed by atoms with Crippen LogP contribution in [-0.4, -0.2) is 30.5 Å². The number of rotatable bonds is 2. The zero-order valence-corrected chi connectivity index (χ0v) is 9.22. The van der Waals surface area contributed by atoms with Gasteiger partial charge in [-0.05, 0) is 18.6 Å². The van der Waals surface area contributed by atoms with E-state index in [1.807, 2.05) is 31.2 Å². The molecule has 1 aliphatic rings. The lowest BCUT2D eigenvalue weighted by Crippen LogP contribution is -2.43. The topological polar surface area (TPSA) is 49.8 Å². The Morgan fingerprint density at radius 2 is 2.25 bits per heavy atom. The van der Waals surface area contributed by atoms with Crippen LogP contribution in [0.25, 0.3) is 0 Å². The van der Waals surface area contributed by atoms with Crippen LogP contribution >= 0.6 is 0 Å². The summed E-state index contributed by atoms with van der Waals surface area (Å²) in [5.41, 5.74) is 1.92. The van der Waals surface area contributed by atoms with Crippen LogP contribution in [0.3, 0.4) is 0 Å². The Hall–Kier alpha value is -1.55. The average molecular weight is 221 g/mol. The van der Waals surface area contributed by atoms with Crippen molar-refractivity contribution in [3.8, 4) is 0 Å². The molecule has 0 spiro atoms. The molecule has 1 fully saturated rings. The number of benzene rings is 1. The monoisotopic (exact) mass is 221 g/mol. The highest BCUT2D eigenvalue weighted by Crippen LogP contribution is 2.24. The van der Waals surface area contributed by atoms with Crippen molar-refractivity contribution < 1.29 is 14.6 Å². The van der Waals surface area contributed by atoms with Crippen LogP contribution < -0.4 is 4.90 Å². The molecule has 1 saturated heterocycles. The number of cyclic esters (lactones) is 1. The van der Waals surface area contributed by atoms with E-state index in [0.717, 1.165) is 11.3 Å². The molecule has 2 rings (SSSR count). The van der Waals surface area contributed by atoms with Crippen LogP contribution in [0.4, 0.5) is 10.5 Å². The molecule has 0 saturated carbocycles. The highest BCUT2D eigenvalue weighted by atomic mass is 16.6. The molecule has 1 aromatic carbocycles. The molecule has 0 bridgehead atoms. The third-order valence-electron chi connectivity index (χ3n) is 2.77. The molecule has 1 atom stereocenters. The maximum Gasteiger partial charge on any atom is 0.414 e. The maximum atomic E-state index is 11.7. The number of hydrogen-bond donors (Lipinski definition) is 1. The van der Waals surface area contributed by atoms with Gasteiger partial charge in [-0.15, -0.1) is 0 Å². The van der Waals surface area contributed by atoms with E-state index >= 15 is 0 Å². The highest BCUT2D eigenvalue weighted by Gasteiger charge is 2.28. The van der Waals surface area contributed by atoms with Crippen LogP contribution in [0.15, 0.2) is 24.3 Å². The van der Waals surface area contributed by atoms with Gasteiger partial charge >= 0.3 is 6.09 Å². The van der Waals surface area contributed by atoms with Crippen LogP contribution in [0.5, 0.6) is 0 Å². The number of hydrogen-bond acceptors (Lipinski definition) is 3. The Kier molecular flexibility index (Phi) is 3.10. The summed E-state index contributed by atoms with van der Waals surface area (Å²) in [5, 5.41) is 8.92. The van der Waals surface area contributed by atoms with Crippen molar-refractivity contribution in [3.63, 3.8) is 0 Å². The van der Waals surface area contributed by atoms with Gasteiger partial charge in [0.05, 0.1) is 6.61 Å². The summed E-state index contributed by atoms with van der Waals surface area (Å²) in [5.74, 6) is 0. The van der Waals surface area contributed by atoms with Gasteiger partial charge in [0.2, 0.25) is 0 Å². The fourth-order valence-electron chi connectivity index (χ4n) is 1.84. The van der Waals surface area contributed by atoms with Crippen molar-refractivity contribution in [1.29, 1.82) is 0 Å². The maximum absolute atomic E-state index is 11.7. The molecule has 1 aliphatic heterocycles. The zero-order chi connectivity index (χ0) is 11.5. The first-order valence-corrected chi connectivity index (χ1v) is 5.37. The summed E-state index contributed by atoms with van der Waals surface area (Å²) in [6.45, 7) is 2.45. The van der Waals surface area contributed by atoms with Crippen LogP contribution in [0, 0.1) is 6.92 Å². The lowest BCUT2D eigenvalue weighted by molar-refractivity contribution is 0.0452. The van der Waals surface area contributed by atoms with Crippen molar-refractivity contribution in [1.82, 2.24) is 0 Å². The summed E-state index contributed by atoms with van der Waals surface area (Å²) in [7, 11) is 0. The second-order valence-corrected chi connectivity index (χ2v) is 3.92. The number of aryl methyl sites for hydroxylation is 1. The first-order valence-electron chi connectivity index (χ1n) is 5.37. The quantitative estimate of drug-likeness (QED) is 0.827. The Labute approximate surface area is 94.4 Å². The third-order valence-corrected chi connectivity index (χ3v) is 2.77. The van der Waals surface area contributed by atoms with Gasteiger partial charge in [0.1, 0.15) is 6.10 Å². The largest absolute Gasteiger partial charge is 0.443 e. The Bertz CT molecular complexity index is 392. The normalized spacial score (nSPS) is 20.8. The number of nitrogens with zero attached hydrogens (tertiary/aromatic N) is 1. The van der Waals surface area contributed by atoms with E-state index in [1.165, 1.54) is 0 Å². The summed E-state index contributed by atoms with van der Waals surface area (Å²) >= 11 is 0. The van der Waals surface area contributed by atoms with Gasteiger partial charge in [0.25, 0.3) is 0 Å². The van der Waals surface area contributed by atoms with Crippen molar-refractivity contribution >= 4 is 11.8 Å². The van der Waals surface area contributed by atoms with E-state index in [4.69, 9.17) is 9.84 Å². The number of carbonyl (C=O) groups excluding carboxylic acids is 1. The van der Waals surface area contributed by atoms with Crippen molar-refractivity contribution in [2.75, 3.05) is 18.1 Å². The number of aliphatic hydroxyl groups excluding tert-OH is 1. The lowest BCUT2D eigenvalue weighted by Gasteiger charge is -2.31. The van der Waals surface area contributed by atoms with Gasteiger partial charge in [-0.3, -0.25) is 4.90 Å². The average Bonchev–Trinajstić information content (AvgIpc) is 2.30. The number of aliphatic hydroxyl groups is 1. The second-order valence-electron chi connectivity index (χ2n) is 3.92. The van der Waals surface area contributed by atoms with E-state index in [2.05, 4.69) is 0 Å². The van der Waals surface area contributed by atoms with Gasteiger partial charge in [-0.1, -0.05) is 18.2 Å². The Morgan fingerprint density at radius 1 is 1.50 bits per heavy atom. The van der Waals surface area contributed by atoms with Gasteiger partial charge < -0.3 is 9.84 Å². The summed E-state index contributed by atoms with van der Waals surface area (Å²) in [4.78, 5) is 13.3. The molecule has 0 aromatic heterocycles. The highest BCUT2D eigenvalue weighted by molar-refractivity contribution is 5.89. The number of para-hydroxylation sites is 1. The van der Waals surface area contributed by atoms with Crippen molar-refractivity contribution in [2.45, 2.75) is 19.4 Å². The molecule has 1 unspecified atom stereocenters. The molecule has 1 heterocycles. The molecular formula is C12H15NO3. The molecule has 4 heteroatoms. The number of ether oxygens (including phenoxy) is 1. The number of amides is 1. The van der Waals surface area contributed by atoms with Crippen LogP contribution in [0.1, 0.15) is 12.0 Å². The van der Waals surface area contributed by atoms with Gasteiger partial charge in [0, 0.05) is 18.7 Å². The fraction of sp³-hybridized carbons (Fsp3) is 0.417. The summed E-state index contributed by atoms with van der Waals surface area (Å²) < 4.78 is 5.09. The molecular weight excluding hydrogens is 206 g/mol. The molecule has 4 nitrogen and oxygen atoms in total. The minimum atomic E-state index is -0.375. The summed E-state index contributed by atoms with van der Waals surface area (Å²) in [6, 6.07) is 7.69. The zero-order valence-electron chi connectivity index (χ0n) is 9.22. The Balaban J connectivity index is 2.18. The molecule has 1 N–H and O–H groups in total. The van der Waals surface area contributed by atoms with Crippen LogP contribution in [-0.2, 0) is 4.74 Å². The fourth-order valence-corrected chi connectivity index (χ4v) is 1.84. The molecule has 16 heavy (non-hydrogen) atoms. The van der Waals surface area contributed by atoms with E-state index in [0.29, 0.717) is 13.0 Å². The lowest BCUT2D eigenvalue weighted by atomic mass is 10.1. The standard InChI is InChI=1S/C12H15NO3/c1-9-4-2-3-5-11(9)13-7-6-10(8-14)16-12(13)15/h2-5,10,14H,6-8H2,1H3. The SMILES string of the molecule is Cc1ccccc1N1CCC(CO)OC1=O. The smallest absolute Gasteiger partial charge is 0.414 e. The van der Waals surface area contributed by atoms with E-state index in [-0.39, 0.29) is 18.8 Å².